The number of halogens is 5. The van der Waals surface area contributed by atoms with Gasteiger partial charge in [-0.1, -0.05) is 13.0 Å². The number of aromatic nitrogens is 1. The highest BCUT2D eigenvalue weighted by atomic mass is 19.3. The fourth-order valence-electron chi connectivity index (χ4n) is 2.75. The van der Waals surface area contributed by atoms with E-state index in [0.717, 1.165) is 11.0 Å². The molecule has 1 aromatic heterocycles. The standard InChI is InChI=1S/C20H20F5N3O4/c1-2-7-28(19(31)17(29)11-9-13(22)14(23)10-12(11)21)8-6-26-18(30)15-4-3-5-16(27-15)32-20(24)25/h3-5,9-10,17,20,29H,2,6-8H2,1H3,(H,26,30). The lowest BCUT2D eigenvalue weighted by Crippen LogP contribution is -2.41. The highest BCUT2D eigenvalue weighted by Crippen LogP contribution is 2.22. The number of alkyl halides is 2. The van der Waals surface area contributed by atoms with Crippen molar-refractivity contribution in [3.05, 3.63) is 59.0 Å². The van der Waals surface area contributed by atoms with Gasteiger partial charge in [0.2, 0.25) is 5.88 Å². The molecule has 2 amide bonds. The van der Waals surface area contributed by atoms with Crippen molar-refractivity contribution < 1.29 is 41.4 Å². The summed E-state index contributed by atoms with van der Waals surface area (Å²) in [5.74, 6) is -6.33. The Hall–Kier alpha value is -3.28. The molecule has 2 aromatic rings. The van der Waals surface area contributed by atoms with Gasteiger partial charge >= 0.3 is 6.61 Å². The van der Waals surface area contributed by atoms with Gasteiger partial charge in [-0.3, -0.25) is 9.59 Å². The zero-order valence-electron chi connectivity index (χ0n) is 16.8. The Kier molecular flexibility index (Phi) is 8.88. The molecular formula is C20H20F5N3O4. The van der Waals surface area contributed by atoms with E-state index in [1.807, 2.05) is 0 Å². The van der Waals surface area contributed by atoms with Crippen LogP contribution in [0, 0.1) is 17.5 Å². The minimum atomic E-state index is -3.11. The van der Waals surface area contributed by atoms with Crippen LogP contribution in [0.1, 0.15) is 35.5 Å². The van der Waals surface area contributed by atoms with E-state index in [1.165, 1.54) is 12.1 Å². The first-order valence-corrected chi connectivity index (χ1v) is 9.45. The summed E-state index contributed by atoms with van der Waals surface area (Å²) in [6, 6.07) is 4.32. The molecule has 0 aliphatic heterocycles. The summed E-state index contributed by atoms with van der Waals surface area (Å²) in [6.07, 6.45) is -1.64. The molecule has 1 aromatic carbocycles. The van der Waals surface area contributed by atoms with Crippen LogP contribution in [0.4, 0.5) is 22.0 Å². The topological polar surface area (TPSA) is 91.8 Å². The normalized spacial score (nSPS) is 11.9. The monoisotopic (exact) mass is 461 g/mol. The molecule has 7 nitrogen and oxygen atoms in total. The molecule has 2 N–H and O–H groups in total. The van der Waals surface area contributed by atoms with Crippen molar-refractivity contribution in [3.8, 4) is 5.88 Å². The SMILES string of the molecule is CCCN(CCNC(=O)c1cccc(OC(F)F)n1)C(=O)C(O)c1cc(F)c(F)cc1F. The van der Waals surface area contributed by atoms with Crippen molar-refractivity contribution in [2.24, 2.45) is 0 Å². The molecule has 174 valence electrons. The minimum absolute atomic E-state index is 0.117. The second-order valence-corrected chi connectivity index (χ2v) is 6.51. The van der Waals surface area contributed by atoms with E-state index in [0.29, 0.717) is 12.5 Å². The maximum atomic E-state index is 13.9. The van der Waals surface area contributed by atoms with E-state index in [4.69, 9.17) is 0 Å². The van der Waals surface area contributed by atoms with Crippen molar-refractivity contribution in [2.45, 2.75) is 26.1 Å². The van der Waals surface area contributed by atoms with Gasteiger partial charge in [0.15, 0.2) is 17.7 Å². The molecule has 0 aliphatic carbocycles. The Labute approximate surface area is 179 Å². The van der Waals surface area contributed by atoms with Crippen LogP contribution in [-0.2, 0) is 4.79 Å². The van der Waals surface area contributed by atoms with Crippen molar-refractivity contribution in [1.82, 2.24) is 15.2 Å². The molecule has 0 spiro atoms. The Balaban J connectivity index is 2.02. The van der Waals surface area contributed by atoms with Crippen molar-refractivity contribution >= 4 is 11.8 Å². The van der Waals surface area contributed by atoms with Gasteiger partial charge in [0.25, 0.3) is 11.8 Å². The van der Waals surface area contributed by atoms with Crippen LogP contribution in [0.3, 0.4) is 0 Å². The number of aliphatic hydroxyl groups excluding tert-OH is 1. The number of benzene rings is 1. The van der Waals surface area contributed by atoms with E-state index in [1.54, 1.807) is 6.92 Å². The molecule has 32 heavy (non-hydrogen) atoms. The number of ether oxygens (including phenoxy) is 1. The van der Waals surface area contributed by atoms with Gasteiger partial charge in [0.05, 0.1) is 0 Å². The molecule has 0 radical (unpaired) electrons. The lowest BCUT2D eigenvalue weighted by molar-refractivity contribution is -0.140. The van der Waals surface area contributed by atoms with Gasteiger partial charge in [0.1, 0.15) is 11.5 Å². The average molecular weight is 461 g/mol. The summed E-state index contributed by atoms with van der Waals surface area (Å²) in [5.41, 5.74) is -0.931. The first-order valence-electron chi connectivity index (χ1n) is 9.45. The number of carbonyl (C=O) groups is 2. The quantitative estimate of drug-likeness (QED) is 0.420. The van der Waals surface area contributed by atoms with E-state index in [9.17, 15) is 36.6 Å². The molecule has 0 bridgehead atoms. The number of nitrogens with one attached hydrogen (secondary N) is 1. The first-order chi connectivity index (χ1) is 15.1. The molecular weight excluding hydrogens is 441 g/mol. The minimum Gasteiger partial charge on any atom is -0.417 e. The third-order valence-electron chi connectivity index (χ3n) is 4.21. The van der Waals surface area contributed by atoms with Crippen LogP contribution in [0.5, 0.6) is 5.88 Å². The fourth-order valence-corrected chi connectivity index (χ4v) is 2.75. The Morgan fingerprint density at radius 3 is 2.47 bits per heavy atom. The van der Waals surface area contributed by atoms with E-state index < -0.39 is 53.4 Å². The smallest absolute Gasteiger partial charge is 0.388 e. The van der Waals surface area contributed by atoms with Crippen LogP contribution < -0.4 is 10.1 Å². The van der Waals surface area contributed by atoms with Crippen LogP contribution in [0.2, 0.25) is 0 Å². The predicted octanol–water partition coefficient (Wildman–Crippen LogP) is 2.80. The average Bonchev–Trinajstić information content (AvgIpc) is 2.74. The predicted molar refractivity (Wildman–Crippen MR) is 101 cm³/mol. The maximum Gasteiger partial charge on any atom is 0.388 e. The molecule has 0 saturated carbocycles. The molecule has 1 atom stereocenters. The molecule has 12 heteroatoms. The van der Waals surface area contributed by atoms with Crippen molar-refractivity contribution in [3.63, 3.8) is 0 Å². The van der Waals surface area contributed by atoms with Gasteiger partial charge in [-0.25, -0.2) is 18.2 Å². The fraction of sp³-hybridized carbons (Fsp3) is 0.350. The number of aliphatic hydroxyl groups is 1. The summed E-state index contributed by atoms with van der Waals surface area (Å²) in [4.78, 5) is 29.5. The maximum absolute atomic E-state index is 13.9. The van der Waals surface area contributed by atoms with E-state index in [-0.39, 0.29) is 31.4 Å². The highest BCUT2D eigenvalue weighted by molar-refractivity contribution is 5.92. The van der Waals surface area contributed by atoms with Gasteiger partial charge in [0, 0.05) is 37.3 Å². The number of nitrogens with zero attached hydrogens (tertiary/aromatic N) is 2. The van der Waals surface area contributed by atoms with Crippen LogP contribution in [0.15, 0.2) is 30.3 Å². The zero-order valence-corrected chi connectivity index (χ0v) is 16.8. The summed E-state index contributed by atoms with van der Waals surface area (Å²) in [7, 11) is 0. The molecule has 0 fully saturated rings. The third-order valence-corrected chi connectivity index (χ3v) is 4.21. The molecule has 1 unspecified atom stereocenters. The number of pyridine rings is 1. The molecule has 1 heterocycles. The Morgan fingerprint density at radius 1 is 1.12 bits per heavy atom. The number of rotatable bonds is 10. The number of carbonyl (C=O) groups excluding carboxylic acids is 2. The molecule has 2 rings (SSSR count). The summed E-state index contributed by atoms with van der Waals surface area (Å²) >= 11 is 0. The molecule has 0 aliphatic rings. The van der Waals surface area contributed by atoms with Crippen LogP contribution >= 0.6 is 0 Å². The van der Waals surface area contributed by atoms with Crippen LogP contribution in [0.25, 0.3) is 0 Å². The Bertz CT molecular complexity index is 961. The third kappa shape index (κ3) is 6.61. The second kappa shape index (κ2) is 11.4. The zero-order chi connectivity index (χ0) is 23.8. The van der Waals surface area contributed by atoms with Crippen LogP contribution in [-0.4, -0.2) is 53.1 Å². The van der Waals surface area contributed by atoms with Gasteiger partial charge in [-0.15, -0.1) is 0 Å². The summed E-state index contributed by atoms with van der Waals surface area (Å²) in [5, 5.41) is 12.6. The van der Waals surface area contributed by atoms with Gasteiger partial charge in [-0.2, -0.15) is 8.78 Å². The lowest BCUT2D eigenvalue weighted by atomic mass is 10.1. The largest absolute Gasteiger partial charge is 0.417 e. The number of hydrogen-bond donors (Lipinski definition) is 2. The van der Waals surface area contributed by atoms with E-state index in [2.05, 4.69) is 15.0 Å². The van der Waals surface area contributed by atoms with Gasteiger partial charge in [-0.05, 0) is 18.6 Å². The summed E-state index contributed by atoms with van der Waals surface area (Å²) < 4.78 is 69.0. The Morgan fingerprint density at radius 2 is 1.81 bits per heavy atom. The summed E-state index contributed by atoms with van der Waals surface area (Å²) in [6.45, 7) is -1.51. The second-order valence-electron chi connectivity index (χ2n) is 6.51. The van der Waals surface area contributed by atoms with Crippen molar-refractivity contribution in [1.29, 1.82) is 0 Å². The van der Waals surface area contributed by atoms with Crippen molar-refractivity contribution in [2.75, 3.05) is 19.6 Å². The number of amides is 2. The highest BCUT2D eigenvalue weighted by Gasteiger charge is 2.27. The first kappa shape index (κ1) is 25.0. The lowest BCUT2D eigenvalue weighted by Gasteiger charge is -2.25. The van der Waals surface area contributed by atoms with E-state index >= 15 is 0 Å². The molecule has 0 saturated heterocycles. The number of hydrogen-bond acceptors (Lipinski definition) is 5. The van der Waals surface area contributed by atoms with Gasteiger partial charge < -0.3 is 20.1 Å².